The number of halogens is 2. The average molecular weight is 199 g/mol. The van der Waals surface area contributed by atoms with Crippen molar-refractivity contribution < 1.29 is 8.78 Å². The highest BCUT2D eigenvalue weighted by Gasteiger charge is 2.04. The minimum absolute atomic E-state index is 0.450. The summed E-state index contributed by atoms with van der Waals surface area (Å²) in [7, 11) is 1.97. The molecule has 0 amide bonds. The van der Waals surface area contributed by atoms with E-state index in [1.54, 1.807) is 0 Å². The molecular formula is C11H15F2N. The normalized spacial score (nSPS) is 10.9. The topological polar surface area (TPSA) is 3.24 Å². The Labute approximate surface area is 83.3 Å². The molecular weight excluding hydrogens is 184 g/mol. The highest BCUT2D eigenvalue weighted by molar-refractivity contribution is 5.18. The first-order valence-electron chi connectivity index (χ1n) is 4.76. The van der Waals surface area contributed by atoms with E-state index >= 15 is 0 Å². The van der Waals surface area contributed by atoms with E-state index in [1.807, 2.05) is 14.0 Å². The zero-order chi connectivity index (χ0) is 10.6. The molecule has 0 aromatic heterocycles. The number of likely N-dealkylation sites (N-methyl/N-ethyl adjacent to an activating group) is 1. The van der Waals surface area contributed by atoms with Crippen LogP contribution >= 0.6 is 0 Å². The third-order valence-electron chi connectivity index (χ3n) is 2.32. The van der Waals surface area contributed by atoms with Crippen LogP contribution in [0.25, 0.3) is 0 Å². The second kappa shape index (κ2) is 5.05. The predicted octanol–water partition coefficient (Wildman–Crippen LogP) is 2.46. The molecule has 0 N–H and O–H groups in total. The zero-order valence-corrected chi connectivity index (χ0v) is 8.56. The molecule has 0 aliphatic carbocycles. The smallest absolute Gasteiger partial charge is 0.129 e. The summed E-state index contributed by atoms with van der Waals surface area (Å²) in [5.41, 5.74) is 0.576. The fourth-order valence-corrected chi connectivity index (χ4v) is 1.19. The number of hydrogen-bond donors (Lipinski definition) is 0. The molecule has 0 aliphatic rings. The van der Waals surface area contributed by atoms with Crippen LogP contribution in [0.2, 0.25) is 0 Å². The fraction of sp³-hybridized carbons (Fsp3) is 0.455. The molecule has 1 aromatic carbocycles. The van der Waals surface area contributed by atoms with Crippen molar-refractivity contribution >= 4 is 0 Å². The van der Waals surface area contributed by atoms with E-state index in [1.165, 1.54) is 12.1 Å². The van der Waals surface area contributed by atoms with Gasteiger partial charge >= 0.3 is 0 Å². The van der Waals surface area contributed by atoms with Crippen LogP contribution in [0.3, 0.4) is 0 Å². The summed E-state index contributed by atoms with van der Waals surface area (Å²) < 4.78 is 25.7. The van der Waals surface area contributed by atoms with Crippen molar-refractivity contribution in [3.63, 3.8) is 0 Å². The molecule has 3 heteroatoms. The van der Waals surface area contributed by atoms with Gasteiger partial charge in [-0.15, -0.1) is 0 Å². The second-order valence-electron chi connectivity index (χ2n) is 3.38. The van der Waals surface area contributed by atoms with Crippen molar-refractivity contribution in [2.75, 3.05) is 20.1 Å². The molecule has 0 fully saturated rings. The lowest BCUT2D eigenvalue weighted by molar-refractivity contribution is 0.355. The van der Waals surface area contributed by atoms with Crippen molar-refractivity contribution in [2.24, 2.45) is 0 Å². The first-order chi connectivity index (χ1) is 6.63. The molecule has 14 heavy (non-hydrogen) atoms. The fourth-order valence-electron chi connectivity index (χ4n) is 1.19. The van der Waals surface area contributed by atoms with E-state index in [4.69, 9.17) is 0 Å². The molecule has 0 heterocycles. The van der Waals surface area contributed by atoms with Gasteiger partial charge in [0, 0.05) is 12.6 Å². The van der Waals surface area contributed by atoms with Gasteiger partial charge in [-0.2, -0.15) is 0 Å². The van der Waals surface area contributed by atoms with Gasteiger partial charge in [0.1, 0.15) is 11.6 Å². The number of rotatable bonds is 4. The number of nitrogens with zero attached hydrogens (tertiary/aromatic N) is 1. The van der Waals surface area contributed by atoms with Crippen LogP contribution < -0.4 is 0 Å². The summed E-state index contributed by atoms with van der Waals surface area (Å²) in [6.45, 7) is 3.77. The standard InChI is InChI=1S/C11H15F2N/c1-3-14(2)7-6-9-4-5-10(12)8-11(9)13/h4-5,8H,3,6-7H2,1-2H3. The summed E-state index contributed by atoms with van der Waals surface area (Å²) >= 11 is 0. The number of benzene rings is 1. The van der Waals surface area contributed by atoms with Gasteiger partial charge in [0.25, 0.3) is 0 Å². The van der Waals surface area contributed by atoms with Crippen molar-refractivity contribution in [1.29, 1.82) is 0 Å². The molecule has 1 nitrogen and oxygen atoms in total. The van der Waals surface area contributed by atoms with E-state index in [0.717, 1.165) is 19.2 Å². The maximum absolute atomic E-state index is 13.1. The van der Waals surface area contributed by atoms with Crippen LogP contribution in [-0.2, 0) is 6.42 Å². The highest BCUT2D eigenvalue weighted by Crippen LogP contribution is 2.10. The van der Waals surface area contributed by atoms with Gasteiger partial charge < -0.3 is 4.90 Å². The summed E-state index contributed by atoms with van der Waals surface area (Å²) in [6, 6.07) is 3.74. The SMILES string of the molecule is CCN(C)CCc1ccc(F)cc1F. The summed E-state index contributed by atoms with van der Waals surface area (Å²) in [6.07, 6.45) is 0.621. The third-order valence-corrected chi connectivity index (χ3v) is 2.32. The van der Waals surface area contributed by atoms with Crippen LogP contribution in [0.5, 0.6) is 0 Å². The highest BCUT2D eigenvalue weighted by atomic mass is 19.1. The van der Waals surface area contributed by atoms with E-state index in [2.05, 4.69) is 4.90 Å². The Kier molecular flexibility index (Phi) is 4.01. The van der Waals surface area contributed by atoms with Crippen LogP contribution in [-0.4, -0.2) is 25.0 Å². The Bertz CT molecular complexity index is 299. The van der Waals surface area contributed by atoms with Gasteiger partial charge in [-0.3, -0.25) is 0 Å². The Morgan fingerprint density at radius 1 is 1.29 bits per heavy atom. The Morgan fingerprint density at radius 2 is 2.00 bits per heavy atom. The van der Waals surface area contributed by atoms with Crippen molar-refractivity contribution in [2.45, 2.75) is 13.3 Å². The van der Waals surface area contributed by atoms with Crippen LogP contribution in [0.15, 0.2) is 18.2 Å². The van der Waals surface area contributed by atoms with E-state index in [9.17, 15) is 8.78 Å². The molecule has 78 valence electrons. The van der Waals surface area contributed by atoms with Crippen LogP contribution in [0.1, 0.15) is 12.5 Å². The molecule has 0 spiro atoms. The summed E-state index contributed by atoms with van der Waals surface area (Å²) in [5, 5.41) is 0. The Hall–Kier alpha value is -0.960. The van der Waals surface area contributed by atoms with Crippen molar-refractivity contribution in [3.8, 4) is 0 Å². The molecule has 0 unspecified atom stereocenters. The number of hydrogen-bond acceptors (Lipinski definition) is 1. The van der Waals surface area contributed by atoms with Gasteiger partial charge in [-0.05, 0) is 31.6 Å². The summed E-state index contributed by atoms with van der Waals surface area (Å²) in [5.74, 6) is -0.968. The molecule has 0 saturated heterocycles. The van der Waals surface area contributed by atoms with Gasteiger partial charge in [0.05, 0.1) is 0 Å². The predicted molar refractivity (Wildman–Crippen MR) is 53.2 cm³/mol. The lowest BCUT2D eigenvalue weighted by atomic mass is 10.1. The third kappa shape index (κ3) is 3.07. The van der Waals surface area contributed by atoms with Gasteiger partial charge in [0.15, 0.2) is 0 Å². The summed E-state index contributed by atoms with van der Waals surface area (Å²) in [4.78, 5) is 2.09. The molecule has 1 aromatic rings. The monoisotopic (exact) mass is 199 g/mol. The molecule has 0 atom stereocenters. The van der Waals surface area contributed by atoms with E-state index < -0.39 is 11.6 Å². The van der Waals surface area contributed by atoms with Crippen molar-refractivity contribution in [1.82, 2.24) is 4.90 Å². The van der Waals surface area contributed by atoms with E-state index in [0.29, 0.717) is 12.0 Å². The first-order valence-corrected chi connectivity index (χ1v) is 4.76. The van der Waals surface area contributed by atoms with E-state index in [-0.39, 0.29) is 0 Å². The Balaban J connectivity index is 2.59. The van der Waals surface area contributed by atoms with Crippen LogP contribution in [0.4, 0.5) is 8.78 Å². The maximum Gasteiger partial charge on any atom is 0.129 e. The molecule has 0 radical (unpaired) electrons. The van der Waals surface area contributed by atoms with Gasteiger partial charge in [-0.1, -0.05) is 13.0 Å². The van der Waals surface area contributed by atoms with Gasteiger partial charge in [-0.25, -0.2) is 8.78 Å². The lowest BCUT2D eigenvalue weighted by Gasteiger charge is -2.13. The first kappa shape index (κ1) is 11.1. The largest absolute Gasteiger partial charge is 0.306 e. The molecule has 0 aliphatic heterocycles. The molecule has 1 rings (SSSR count). The minimum Gasteiger partial charge on any atom is -0.306 e. The quantitative estimate of drug-likeness (QED) is 0.720. The maximum atomic E-state index is 13.1. The molecule has 0 saturated carbocycles. The van der Waals surface area contributed by atoms with Crippen LogP contribution in [0, 0.1) is 11.6 Å². The average Bonchev–Trinajstić information content (AvgIpc) is 2.16. The van der Waals surface area contributed by atoms with Crippen molar-refractivity contribution in [3.05, 3.63) is 35.4 Å². The zero-order valence-electron chi connectivity index (χ0n) is 8.56. The van der Waals surface area contributed by atoms with Gasteiger partial charge in [0.2, 0.25) is 0 Å². The second-order valence-corrected chi connectivity index (χ2v) is 3.38. The minimum atomic E-state index is -0.518. The lowest BCUT2D eigenvalue weighted by Crippen LogP contribution is -2.20. The molecule has 0 bridgehead atoms. The Morgan fingerprint density at radius 3 is 2.57 bits per heavy atom.